The lowest BCUT2D eigenvalue weighted by Gasteiger charge is -2.17. The highest BCUT2D eigenvalue weighted by Gasteiger charge is 2.40. The van der Waals surface area contributed by atoms with Crippen LogP contribution in [-0.2, 0) is 17.4 Å². The number of hydrogen-bond acceptors (Lipinski definition) is 3. The first-order valence-corrected chi connectivity index (χ1v) is 9.54. The average molecular weight is 380 g/mol. The van der Waals surface area contributed by atoms with Gasteiger partial charge in [0.25, 0.3) is 5.91 Å². The Bertz CT molecular complexity index is 1260. The van der Waals surface area contributed by atoms with Gasteiger partial charge in [-0.3, -0.25) is 9.48 Å². The number of amidine groups is 1. The molecule has 4 aromatic rings. The molecule has 0 saturated heterocycles. The third kappa shape index (κ3) is 2.83. The quantitative estimate of drug-likeness (QED) is 0.583. The number of fused-ring (bicyclic) bond motifs is 1. The van der Waals surface area contributed by atoms with Gasteiger partial charge in [-0.1, -0.05) is 60.7 Å². The zero-order chi connectivity index (χ0) is 20.0. The Morgan fingerprint density at radius 2 is 1.59 bits per heavy atom. The maximum atomic E-state index is 12.7. The number of amides is 1. The highest BCUT2D eigenvalue weighted by atomic mass is 16.2. The van der Waals surface area contributed by atoms with E-state index in [0.717, 1.165) is 33.2 Å². The number of nitrogens with one attached hydrogen (secondary N) is 1. The first kappa shape index (κ1) is 17.4. The summed E-state index contributed by atoms with van der Waals surface area (Å²) in [7, 11) is 1.94. The van der Waals surface area contributed by atoms with Crippen LogP contribution in [0.25, 0.3) is 22.0 Å². The zero-order valence-electron chi connectivity index (χ0n) is 16.3. The van der Waals surface area contributed by atoms with Gasteiger partial charge in [0.1, 0.15) is 5.84 Å². The Morgan fingerprint density at radius 3 is 2.34 bits per heavy atom. The van der Waals surface area contributed by atoms with Crippen molar-refractivity contribution >= 4 is 22.6 Å². The maximum Gasteiger partial charge on any atom is 0.257 e. The Hall–Kier alpha value is -3.73. The summed E-state index contributed by atoms with van der Waals surface area (Å²) in [6, 6.07) is 24.1. The lowest BCUT2D eigenvalue weighted by Crippen LogP contribution is -2.35. The zero-order valence-corrected chi connectivity index (χ0v) is 16.3. The molecule has 0 radical (unpaired) electrons. The fraction of sp³-hybridized carbons (Fsp3) is 0.125. The van der Waals surface area contributed by atoms with Gasteiger partial charge >= 0.3 is 0 Å². The van der Waals surface area contributed by atoms with Crippen molar-refractivity contribution in [2.45, 2.75) is 12.5 Å². The fourth-order valence-electron chi connectivity index (χ4n) is 3.79. The van der Waals surface area contributed by atoms with Crippen LogP contribution in [0.3, 0.4) is 0 Å². The number of aryl methyl sites for hydroxylation is 1. The van der Waals surface area contributed by atoms with Crippen molar-refractivity contribution in [3.8, 4) is 11.1 Å². The van der Waals surface area contributed by atoms with Gasteiger partial charge in [-0.25, -0.2) is 4.99 Å². The molecule has 1 amide bonds. The van der Waals surface area contributed by atoms with Crippen LogP contribution < -0.4 is 5.32 Å². The summed E-state index contributed by atoms with van der Waals surface area (Å²) in [5.74, 6) is 0.500. The van der Waals surface area contributed by atoms with E-state index in [1.807, 2.05) is 67.3 Å². The van der Waals surface area contributed by atoms with Crippen LogP contribution in [0.5, 0.6) is 0 Å². The van der Waals surface area contributed by atoms with Gasteiger partial charge < -0.3 is 5.32 Å². The van der Waals surface area contributed by atoms with Crippen LogP contribution in [0.4, 0.5) is 0 Å². The highest BCUT2D eigenvalue weighted by molar-refractivity contribution is 6.15. The van der Waals surface area contributed by atoms with E-state index in [-0.39, 0.29) is 5.91 Å². The number of nitrogens with zero attached hydrogens (tertiary/aromatic N) is 3. The van der Waals surface area contributed by atoms with Gasteiger partial charge in [-0.2, -0.15) is 5.10 Å². The highest BCUT2D eigenvalue weighted by Crippen LogP contribution is 2.31. The number of aromatic nitrogens is 2. The van der Waals surface area contributed by atoms with Crippen molar-refractivity contribution in [1.82, 2.24) is 15.1 Å². The molecule has 1 aliphatic rings. The lowest BCUT2D eigenvalue weighted by atomic mass is 9.93. The predicted molar refractivity (Wildman–Crippen MR) is 115 cm³/mol. The molecule has 29 heavy (non-hydrogen) atoms. The van der Waals surface area contributed by atoms with Crippen molar-refractivity contribution < 1.29 is 4.79 Å². The first-order valence-electron chi connectivity index (χ1n) is 9.54. The Labute approximate surface area is 168 Å². The summed E-state index contributed by atoms with van der Waals surface area (Å²) in [5, 5.41) is 8.36. The molecular formula is C24H20N4O. The van der Waals surface area contributed by atoms with Crippen molar-refractivity contribution in [2.75, 3.05) is 0 Å². The Kier molecular flexibility index (Phi) is 3.84. The number of carbonyl (C=O) groups excluding carboxylic acids is 1. The molecule has 0 bridgehead atoms. The van der Waals surface area contributed by atoms with Gasteiger partial charge in [0, 0.05) is 18.0 Å². The van der Waals surface area contributed by atoms with E-state index in [4.69, 9.17) is 4.99 Å². The molecule has 1 aliphatic heterocycles. The number of aliphatic imine (C=N–C) groups is 1. The van der Waals surface area contributed by atoms with Crippen LogP contribution in [0.15, 0.2) is 84.0 Å². The fourth-order valence-corrected chi connectivity index (χ4v) is 3.79. The summed E-state index contributed by atoms with van der Waals surface area (Å²) in [4.78, 5) is 17.4. The largest absolute Gasteiger partial charge is 0.308 e. The summed E-state index contributed by atoms with van der Waals surface area (Å²) in [5.41, 5.74) is 4.21. The summed E-state index contributed by atoms with van der Waals surface area (Å²) >= 11 is 0. The van der Waals surface area contributed by atoms with Crippen LogP contribution in [0.1, 0.15) is 18.1 Å². The second-order valence-electron chi connectivity index (χ2n) is 7.47. The molecule has 0 saturated carbocycles. The molecule has 1 aromatic heterocycles. The Balaban J connectivity index is 1.47. The predicted octanol–water partition coefficient (Wildman–Crippen LogP) is 4.03. The standard InChI is InChI=1S/C24H20N4O/c1-24(20-6-4-3-5-7-20)23(29)26-22(27-24)17-10-8-16(9-11-17)18-12-13-21-19(14-18)15-25-28(21)2/h3-15H,1-2H3,(H,26,27,29). The molecule has 0 fully saturated rings. The molecule has 5 heteroatoms. The topological polar surface area (TPSA) is 59.3 Å². The van der Waals surface area contributed by atoms with Crippen LogP contribution >= 0.6 is 0 Å². The van der Waals surface area contributed by atoms with Gasteiger partial charge in [-0.15, -0.1) is 0 Å². The molecule has 5 nitrogen and oxygen atoms in total. The van der Waals surface area contributed by atoms with Crippen molar-refractivity contribution in [3.63, 3.8) is 0 Å². The van der Waals surface area contributed by atoms with Crippen LogP contribution in [0.2, 0.25) is 0 Å². The minimum atomic E-state index is -0.902. The average Bonchev–Trinajstić information content (AvgIpc) is 3.29. The normalized spacial score (nSPS) is 18.7. The van der Waals surface area contributed by atoms with Crippen LogP contribution in [0, 0.1) is 0 Å². The smallest absolute Gasteiger partial charge is 0.257 e. The van der Waals surface area contributed by atoms with Gasteiger partial charge in [-0.05, 0) is 35.7 Å². The van der Waals surface area contributed by atoms with E-state index in [0.29, 0.717) is 5.84 Å². The van der Waals surface area contributed by atoms with Gasteiger partial charge in [0.15, 0.2) is 5.54 Å². The van der Waals surface area contributed by atoms with Crippen molar-refractivity contribution in [1.29, 1.82) is 0 Å². The number of benzene rings is 3. The number of rotatable bonds is 3. The van der Waals surface area contributed by atoms with Gasteiger partial charge in [0.05, 0.1) is 11.7 Å². The molecule has 1 N–H and O–H groups in total. The summed E-state index contributed by atoms with van der Waals surface area (Å²) in [6.07, 6.45) is 1.88. The third-order valence-electron chi connectivity index (χ3n) is 5.58. The number of hydrogen-bond donors (Lipinski definition) is 1. The minimum absolute atomic E-state index is 0.107. The summed E-state index contributed by atoms with van der Waals surface area (Å²) < 4.78 is 1.87. The van der Waals surface area contributed by atoms with E-state index < -0.39 is 5.54 Å². The molecule has 1 atom stereocenters. The molecule has 3 aromatic carbocycles. The molecule has 0 aliphatic carbocycles. The van der Waals surface area contributed by atoms with E-state index in [2.05, 4.69) is 40.7 Å². The van der Waals surface area contributed by atoms with Crippen molar-refractivity contribution in [2.24, 2.45) is 12.0 Å². The van der Waals surface area contributed by atoms with E-state index >= 15 is 0 Å². The second-order valence-corrected chi connectivity index (χ2v) is 7.47. The Morgan fingerprint density at radius 1 is 0.897 bits per heavy atom. The lowest BCUT2D eigenvalue weighted by molar-refractivity contribution is -0.123. The monoisotopic (exact) mass is 380 g/mol. The molecule has 5 rings (SSSR count). The summed E-state index contributed by atoms with van der Waals surface area (Å²) in [6.45, 7) is 1.85. The third-order valence-corrected chi connectivity index (χ3v) is 5.58. The molecule has 2 heterocycles. The van der Waals surface area contributed by atoms with Gasteiger partial charge in [0.2, 0.25) is 0 Å². The molecular weight excluding hydrogens is 360 g/mol. The van der Waals surface area contributed by atoms with E-state index in [9.17, 15) is 4.79 Å². The molecule has 0 spiro atoms. The maximum absolute atomic E-state index is 12.7. The minimum Gasteiger partial charge on any atom is -0.308 e. The molecule has 1 unspecified atom stereocenters. The number of carbonyl (C=O) groups is 1. The molecule has 142 valence electrons. The SMILES string of the molecule is Cn1ncc2cc(-c3ccc(C4=NC(C)(c5ccccc5)C(=O)N4)cc3)ccc21. The first-order chi connectivity index (χ1) is 14.0. The van der Waals surface area contributed by atoms with Crippen LogP contribution in [-0.4, -0.2) is 21.5 Å². The van der Waals surface area contributed by atoms with E-state index in [1.54, 1.807) is 0 Å². The van der Waals surface area contributed by atoms with E-state index in [1.165, 1.54) is 0 Å². The second kappa shape index (κ2) is 6.41. The van der Waals surface area contributed by atoms with Crippen molar-refractivity contribution in [3.05, 3.63) is 90.1 Å².